The van der Waals surface area contributed by atoms with Gasteiger partial charge >= 0.3 is 0 Å². The molecule has 0 spiro atoms. The summed E-state index contributed by atoms with van der Waals surface area (Å²) in [6.45, 7) is 2.53. The zero-order valence-electron chi connectivity index (χ0n) is 9.98. The van der Waals surface area contributed by atoms with Crippen LogP contribution in [0.4, 0.5) is 0 Å². The van der Waals surface area contributed by atoms with Crippen LogP contribution in [0.1, 0.15) is 21.5 Å². The number of nitrogens with zero attached hydrogens (tertiary/aromatic N) is 1. The highest BCUT2D eigenvalue weighted by Crippen LogP contribution is 2.14. The van der Waals surface area contributed by atoms with Crippen LogP contribution in [0.15, 0.2) is 42.7 Å². The number of pyridine rings is 1. The van der Waals surface area contributed by atoms with E-state index in [-0.39, 0.29) is 5.91 Å². The van der Waals surface area contributed by atoms with E-state index in [0.29, 0.717) is 6.54 Å². The molecule has 0 aliphatic rings. The Hall–Kier alpha value is -1.43. The lowest BCUT2D eigenvalue weighted by Gasteiger charge is -2.07. The smallest absolute Gasteiger partial charge is 0.252 e. The van der Waals surface area contributed by atoms with Gasteiger partial charge in [-0.15, -0.1) is 0 Å². The van der Waals surface area contributed by atoms with E-state index in [4.69, 9.17) is 0 Å². The molecule has 4 heteroatoms. The van der Waals surface area contributed by atoms with Gasteiger partial charge in [-0.3, -0.25) is 9.78 Å². The monoisotopic (exact) mass is 352 g/mol. The Morgan fingerprint density at radius 3 is 2.67 bits per heavy atom. The van der Waals surface area contributed by atoms with Crippen molar-refractivity contribution in [2.75, 3.05) is 0 Å². The van der Waals surface area contributed by atoms with Crippen molar-refractivity contribution in [2.24, 2.45) is 0 Å². The van der Waals surface area contributed by atoms with E-state index in [1.807, 2.05) is 37.3 Å². The zero-order chi connectivity index (χ0) is 13.0. The van der Waals surface area contributed by atoms with Gasteiger partial charge in [-0.1, -0.05) is 11.6 Å². The number of amides is 1. The topological polar surface area (TPSA) is 42.0 Å². The van der Waals surface area contributed by atoms with Crippen molar-refractivity contribution in [1.29, 1.82) is 0 Å². The molecule has 1 heterocycles. The van der Waals surface area contributed by atoms with E-state index in [2.05, 4.69) is 32.9 Å². The van der Waals surface area contributed by atoms with Crippen LogP contribution in [0.3, 0.4) is 0 Å². The van der Waals surface area contributed by atoms with Crippen molar-refractivity contribution in [3.8, 4) is 0 Å². The van der Waals surface area contributed by atoms with Crippen LogP contribution < -0.4 is 5.32 Å². The minimum absolute atomic E-state index is 0.0452. The van der Waals surface area contributed by atoms with Crippen LogP contribution in [0.2, 0.25) is 0 Å². The Balaban J connectivity index is 2.04. The fraction of sp³-hybridized carbons (Fsp3) is 0.143. The van der Waals surface area contributed by atoms with Gasteiger partial charge in [0.15, 0.2) is 0 Å². The van der Waals surface area contributed by atoms with E-state index in [1.54, 1.807) is 12.4 Å². The Bertz CT molecular complexity index is 555. The van der Waals surface area contributed by atoms with E-state index in [0.717, 1.165) is 20.3 Å². The maximum Gasteiger partial charge on any atom is 0.252 e. The predicted octanol–water partition coefficient (Wildman–Crippen LogP) is 2.92. The van der Waals surface area contributed by atoms with Gasteiger partial charge in [-0.05, 0) is 59.3 Å². The summed E-state index contributed by atoms with van der Waals surface area (Å²) in [4.78, 5) is 16.0. The van der Waals surface area contributed by atoms with Crippen LogP contribution in [0, 0.1) is 10.5 Å². The first kappa shape index (κ1) is 13.0. The van der Waals surface area contributed by atoms with Crippen LogP contribution in [0.5, 0.6) is 0 Å². The standard InChI is InChI=1S/C14H13IN2O/c1-10-2-3-12(13(15)8-10)14(18)17-9-11-4-6-16-7-5-11/h2-8H,9H2,1H3,(H,17,18). The lowest BCUT2D eigenvalue weighted by Crippen LogP contribution is -2.23. The molecular weight excluding hydrogens is 339 g/mol. The molecule has 1 amide bonds. The molecule has 0 radical (unpaired) electrons. The minimum Gasteiger partial charge on any atom is -0.348 e. The van der Waals surface area contributed by atoms with Crippen LogP contribution in [-0.2, 0) is 6.54 Å². The Morgan fingerprint density at radius 1 is 1.28 bits per heavy atom. The Labute approximate surface area is 120 Å². The lowest BCUT2D eigenvalue weighted by atomic mass is 10.1. The molecule has 0 aliphatic carbocycles. The van der Waals surface area contributed by atoms with Gasteiger partial charge in [0.05, 0.1) is 5.56 Å². The lowest BCUT2D eigenvalue weighted by molar-refractivity contribution is 0.0950. The van der Waals surface area contributed by atoms with Gasteiger partial charge in [-0.2, -0.15) is 0 Å². The van der Waals surface area contributed by atoms with Gasteiger partial charge in [0.25, 0.3) is 5.91 Å². The number of aromatic nitrogens is 1. The summed E-state index contributed by atoms with van der Waals surface area (Å²) >= 11 is 2.18. The first-order chi connectivity index (χ1) is 8.66. The highest BCUT2D eigenvalue weighted by molar-refractivity contribution is 14.1. The van der Waals surface area contributed by atoms with E-state index in [9.17, 15) is 4.79 Å². The molecule has 1 aromatic heterocycles. The van der Waals surface area contributed by atoms with Crippen molar-refractivity contribution in [1.82, 2.24) is 10.3 Å². The highest BCUT2D eigenvalue weighted by Gasteiger charge is 2.09. The van der Waals surface area contributed by atoms with Gasteiger partial charge in [0.2, 0.25) is 0 Å². The number of benzene rings is 1. The molecule has 0 aliphatic heterocycles. The molecule has 3 nitrogen and oxygen atoms in total. The molecule has 0 saturated heterocycles. The number of halogens is 1. The fourth-order valence-corrected chi connectivity index (χ4v) is 2.50. The van der Waals surface area contributed by atoms with Gasteiger partial charge in [0.1, 0.15) is 0 Å². The number of nitrogens with one attached hydrogen (secondary N) is 1. The van der Waals surface area contributed by atoms with Gasteiger partial charge in [-0.25, -0.2) is 0 Å². The summed E-state index contributed by atoms with van der Waals surface area (Å²) < 4.78 is 0.972. The first-order valence-corrected chi connectivity index (χ1v) is 6.68. The number of carbonyl (C=O) groups is 1. The Morgan fingerprint density at radius 2 is 2.00 bits per heavy atom. The molecule has 2 aromatic rings. The molecule has 0 fully saturated rings. The number of aryl methyl sites for hydroxylation is 1. The average molecular weight is 352 g/mol. The fourth-order valence-electron chi connectivity index (χ4n) is 1.58. The minimum atomic E-state index is -0.0452. The second-order valence-corrected chi connectivity index (χ2v) is 5.18. The van der Waals surface area contributed by atoms with E-state index < -0.39 is 0 Å². The van der Waals surface area contributed by atoms with Crippen molar-refractivity contribution in [3.05, 3.63) is 63.0 Å². The highest BCUT2D eigenvalue weighted by atomic mass is 127. The van der Waals surface area contributed by atoms with E-state index >= 15 is 0 Å². The summed E-state index contributed by atoms with van der Waals surface area (Å²) in [6, 6.07) is 9.59. The average Bonchev–Trinajstić information content (AvgIpc) is 2.37. The molecule has 1 N–H and O–H groups in total. The molecule has 0 bridgehead atoms. The molecule has 18 heavy (non-hydrogen) atoms. The van der Waals surface area contributed by atoms with E-state index in [1.165, 1.54) is 0 Å². The first-order valence-electron chi connectivity index (χ1n) is 5.60. The molecule has 1 aromatic carbocycles. The Kier molecular flexibility index (Phi) is 4.30. The molecule has 92 valence electrons. The molecule has 0 atom stereocenters. The van der Waals surface area contributed by atoms with Gasteiger partial charge in [0, 0.05) is 22.5 Å². The maximum absolute atomic E-state index is 12.0. The third-order valence-electron chi connectivity index (χ3n) is 2.57. The van der Waals surface area contributed by atoms with Crippen LogP contribution in [-0.4, -0.2) is 10.9 Å². The largest absolute Gasteiger partial charge is 0.348 e. The quantitative estimate of drug-likeness (QED) is 0.864. The molecule has 0 unspecified atom stereocenters. The second kappa shape index (κ2) is 5.95. The normalized spacial score (nSPS) is 10.1. The number of hydrogen-bond donors (Lipinski definition) is 1. The maximum atomic E-state index is 12.0. The summed E-state index contributed by atoms with van der Waals surface area (Å²) in [7, 11) is 0. The zero-order valence-corrected chi connectivity index (χ0v) is 12.1. The molecule has 2 rings (SSSR count). The number of carbonyl (C=O) groups excluding carboxylic acids is 1. The van der Waals surface area contributed by atoms with Crippen LogP contribution >= 0.6 is 22.6 Å². The summed E-state index contributed by atoms with van der Waals surface area (Å²) in [5.74, 6) is -0.0452. The molecule has 0 saturated carbocycles. The summed E-state index contributed by atoms with van der Waals surface area (Å²) in [5.41, 5.74) is 2.92. The third-order valence-corrected chi connectivity index (χ3v) is 3.46. The number of rotatable bonds is 3. The van der Waals surface area contributed by atoms with Crippen molar-refractivity contribution < 1.29 is 4.79 Å². The predicted molar refractivity (Wildman–Crippen MR) is 79.3 cm³/mol. The summed E-state index contributed by atoms with van der Waals surface area (Å²) in [6.07, 6.45) is 3.44. The third kappa shape index (κ3) is 3.29. The SMILES string of the molecule is Cc1ccc(C(=O)NCc2ccncc2)c(I)c1. The van der Waals surface area contributed by atoms with Gasteiger partial charge < -0.3 is 5.32 Å². The van der Waals surface area contributed by atoms with Crippen molar-refractivity contribution >= 4 is 28.5 Å². The van der Waals surface area contributed by atoms with Crippen LogP contribution in [0.25, 0.3) is 0 Å². The van der Waals surface area contributed by atoms with Crippen molar-refractivity contribution in [2.45, 2.75) is 13.5 Å². The summed E-state index contributed by atoms with van der Waals surface area (Å²) in [5, 5.41) is 2.90. The molecular formula is C14H13IN2O. The second-order valence-electron chi connectivity index (χ2n) is 4.02. The number of hydrogen-bond acceptors (Lipinski definition) is 2. The van der Waals surface area contributed by atoms with Crippen molar-refractivity contribution in [3.63, 3.8) is 0 Å².